The number of amides is 1. The van der Waals surface area contributed by atoms with Crippen molar-refractivity contribution in [2.75, 3.05) is 13.1 Å². The van der Waals surface area contributed by atoms with Gasteiger partial charge in [0.05, 0.1) is 6.10 Å². The average molecular weight is 277 g/mol. The number of carbonyl (C=O) groups is 1. The quantitative estimate of drug-likeness (QED) is 0.919. The minimum Gasteiger partial charge on any atom is -0.481 e. The molecule has 1 fully saturated rings. The number of aliphatic hydroxyl groups excluding tert-OH is 1. The normalized spacial score (nSPS) is 17.9. The average Bonchev–Trinajstić information content (AvgIpc) is 2.93. The number of carbonyl (C=O) groups excluding carboxylic acids is 1. The highest BCUT2D eigenvalue weighted by molar-refractivity contribution is 5.81. The minimum absolute atomic E-state index is 0.0274. The fraction of sp³-hybridized carbons (Fsp3) is 0.562. The van der Waals surface area contributed by atoms with Crippen LogP contribution in [0.25, 0.3) is 0 Å². The second kappa shape index (κ2) is 6.27. The molecule has 4 nitrogen and oxygen atoms in total. The van der Waals surface area contributed by atoms with Gasteiger partial charge in [0.2, 0.25) is 0 Å². The molecular formula is C16H23NO3. The van der Waals surface area contributed by atoms with Crippen molar-refractivity contribution in [2.24, 2.45) is 0 Å². The monoisotopic (exact) mass is 277 g/mol. The van der Waals surface area contributed by atoms with Crippen molar-refractivity contribution in [1.29, 1.82) is 0 Å². The van der Waals surface area contributed by atoms with Gasteiger partial charge in [-0.2, -0.15) is 0 Å². The van der Waals surface area contributed by atoms with Crippen molar-refractivity contribution >= 4 is 5.91 Å². The third-order valence-electron chi connectivity index (χ3n) is 3.68. The largest absolute Gasteiger partial charge is 0.481 e. The second-order valence-corrected chi connectivity index (χ2v) is 5.51. The SMILES string of the molecule is Cc1ccc(OC(C)C(=O)N2CCCC2)c([C@H](C)O)c1. The predicted molar refractivity (Wildman–Crippen MR) is 77.7 cm³/mol. The highest BCUT2D eigenvalue weighted by Crippen LogP contribution is 2.27. The smallest absolute Gasteiger partial charge is 0.263 e. The van der Waals surface area contributed by atoms with Crippen LogP contribution in [0.5, 0.6) is 5.75 Å². The summed E-state index contributed by atoms with van der Waals surface area (Å²) in [6.45, 7) is 7.09. The van der Waals surface area contributed by atoms with Crippen LogP contribution in [0, 0.1) is 6.92 Å². The highest BCUT2D eigenvalue weighted by Gasteiger charge is 2.25. The van der Waals surface area contributed by atoms with Gasteiger partial charge in [0, 0.05) is 18.7 Å². The summed E-state index contributed by atoms with van der Waals surface area (Å²) in [6, 6.07) is 5.65. The van der Waals surface area contributed by atoms with Gasteiger partial charge in [-0.15, -0.1) is 0 Å². The van der Waals surface area contributed by atoms with Gasteiger partial charge in [-0.1, -0.05) is 11.6 Å². The lowest BCUT2D eigenvalue weighted by Crippen LogP contribution is -2.38. The van der Waals surface area contributed by atoms with Gasteiger partial charge in [-0.3, -0.25) is 4.79 Å². The van der Waals surface area contributed by atoms with Crippen molar-refractivity contribution in [1.82, 2.24) is 4.90 Å². The minimum atomic E-state index is -0.612. The molecule has 20 heavy (non-hydrogen) atoms. The number of aryl methyl sites for hydroxylation is 1. The number of hydrogen-bond acceptors (Lipinski definition) is 3. The third kappa shape index (κ3) is 3.31. The zero-order valence-corrected chi connectivity index (χ0v) is 12.4. The Labute approximate surface area is 120 Å². The van der Waals surface area contributed by atoms with Crippen LogP contribution in [0.4, 0.5) is 0 Å². The van der Waals surface area contributed by atoms with Crippen LogP contribution in [-0.4, -0.2) is 35.1 Å². The number of hydrogen-bond donors (Lipinski definition) is 1. The summed E-state index contributed by atoms with van der Waals surface area (Å²) in [6.07, 6.45) is 1.01. The molecule has 0 spiro atoms. The molecular weight excluding hydrogens is 254 g/mol. The number of rotatable bonds is 4. The van der Waals surface area contributed by atoms with Crippen LogP contribution in [0.2, 0.25) is 0 Å². The Morgan fingerprint density at radius 3 is 2.55 bits per heavy atom. The number of ether oxygens (including phenoxy) is 1. The molecule has 110 valence electrons. The van der Waals surface area contributed by atoms with E-state index < -0.39 is 12.2 Å². The Morgan fingerprint density at radius 2 is 1.95 bits per heavy atom. The molecule has 1 unspecified atom stereocenters. The Morgan fingerprint density at radius 1 is 1.30 bits per heavy atom. The van der Waals surface area contributed by atoms with Gasteiger partial charge in [0.1, 0.15) is 5.75 Å². The van der Waals surface area contributed by atoms with E-state index in [0.29, 0.717) is 5.75 Å². The van der Waals surface area contributed by atoms with Gasteiger partial charge in [0.25, 0.3) is 5.91 Å². The molecule has 1 aromatic carbocycles. The summed E-state index contributed by atoms with van der Waals surface area (Å²) in [5.41, 5.74) is 1.79. The molecule has 0 saturated carbocycles. The Hall–Kier alpha value is -1.55. The first-order valence-electron chi connectivity index (χ1n) is 7.23. The molecule has 1 N–H and O–H groups in total. The van der Waals surface area contributed by atoms with Crippen LogP contribution in [0.15, 0.2) is 18.2 Å². The molecule has 1 aliphatic rings. The molecule has 0 radical (unpaired) electrons. The Bertz CT molecular complexity index is 479. The summed E-state index contributed by atoms with van der Waals surface area (Å²) in [4.78, 5) is 14.1. The van der Waals surface area contributed by atoms with Crippen LogP contribution in [0.1, 0.15) is 43.9 Å². The van der Waals surface area contributed by atoms with E-state index in [4.69, 9.17) is 4.74 Å². The maximum atomic E-state index is 12.2. The Kier molecular flexibility index (Phi) is 4.65. The van der Waals surface area contributed by atoms with Gasteiger partial charge in [0.15, 0.2) is 6.10 Å². The lowest BCUT2D eigenvalue weighted by molar-refractivity contribution is -0.136. The molecule has 1 amide bonds. The molecule has 0 aliphatic carbocycles. The lowest BCUT2D eigenvalue weighted by Gasteiger charge is -2.23. The fourth-order valence-electron chi connectivity index (χ4n) is 2.54. The number of benzene rings is 1. The number of likely N-dealkylation sites (tertiary alicyclic amines) is 1. The van der Waals surface area contributed by atoms with Crippen molar-refractivity contribution in [3.05, 3.63) is 29.3 Å². The summed E-state index contributed by atoms with van der Waals surface area (Å²) < 4.78 is 5.78. The van der Waals surface area contributed by atoms with Crippen LogP contribution < -0.4 is 4.74 Å². The topological polar surface area (TPSA) is 49.8 Å². The first kappa shape index (κ1) is 14.9. The lowest BCUT2D eigenvalue weighted by atomic mass is 10.1. The summed E-state index contributed by atoms with van der Waals surface area (Å²) >= 11 is 0. The van der Waals surface area contributed by atoms with E-state index in [1.54, 1.807) is 13.8 Å². The van der Waals surface area contributed by atoms with Crippen LogP contribution in [0.3, 0.4) is 0 Å². The molecule has 1 saturated heterocycles. The first-order valence-corrected chi connectivity index (χ1v) is 7.23. The summed E-state index contributed by atoms with van der Waals surface area (Å²) in [7, 11) is 0. The van der Waals surface area contributed by atoms with Crippen LogP contribution >= 0.6 is 0 Å². The summed E-state index contributed by atoms with van der Waals surface area (Å²) in [5, 5.41) is 9.82. The van der Waals surface area contributed by atoms with Crippen molar-refractivity contribution in [2.45, 2.75) is 45.8 Å². The molecule has 1 aliphatic heterocycles. The van der Waals surface area contributed by atoms with Crippen molar-refractivity contribution < 1.29 is 14.6 Å². The fourth-order valence-corrected chi connectivity index (χ4v) is 2.54. The van der Waals surface area contributed by atoms with Gasteiger partial charge in [-0.25, -0.2) is 0 Å². The predicted octanol–water partition coefficient (Wildman–Crippen LogP) is 2.44. The molecule has 0 bridgehead atoms. The standard InChI is InChI=1S/C16H23NO3/c1-11-6-7-15(14(10-11)12(2)18)20-13(3)16(19)17-8-4-5-9-17/h6-7,10,12-13,18H,4-5,8-9H2,1-3H3/t12-,13?/m0/s1. The van der Waals surface area contributed by atoms with Gasteiger partial charge < -0.3 is 14.7 Å². The van der Waals surface area contributed by atoms with E-state index in [9.17, 15) is 9.90 Å². The zero-order chi connectivity index (χ0) is 14.7. The molecule has 1 aromatic rings. The maximum absolute atomic E-state index is 12.2. The molecule has 1 heterocycles. The van der Waals surface area contributed by atoms with Crippen molar-refractivity contribution in [3.8, 4) is 5.75 Å². The van der Waals surface area contributed by atoms with E-state index in [-0.39, 0.29) is 5.91 Å². The maximum Gasteiger partial charge on any atom is 0.263 e. The number of aliphatic hydroxyl groups is 1. The van der Waals surface area contributed by atoms with E-state index in [2.05, 4.69) is 0 Å². The number of nitrogens with zero attached hydrogens (tertiary/aromatic N) is 1. The van der Waals surface area contributed by atoms with E-state index in [1.807, 2.05) is 30.0 Å². The zero-order valence-electron chi connectivity index (χ0n) is 12.4. The third-order valence-corrected chi connectivity index (χ3v) is 3.68. The van der Waals surface area contributed by atoms with E-state index >= 15 is 0 Å². The summed E-state index contributed by atoms with van der Waals surface area (Å²) in [5.74, 6) is 0.616. The van der Waals surface area contributed by atoms with Crippen LogP contribution in [-0.2, 0) is 4.79 Å². The van der Waals surface area contributed by atoms with Crippen molar-refractivity contribution in [3.63, 3.8) is 0 Å². The first-order chi connectivity index (χ1) is 9.49. The molecule has 4 heteroatoms. The second-order valence-electron chi connectivity index (χ2n) is 5.51. The van der Waals surface area contributed by atoms with Gasteiger partial charge >= 0.3 is 0 Å². The molecule has 0 aromatic heterocycles. The van der Waals surface area contributed by atoms with E-state index in [1.165, 1.54) is 0 Å². The van der Waals surface area contributed by atoms with E-state index in [0.717, 1.165) is 37.1 Å². The molecule has 2 rings (SSSR count). The highest BCUT2D eigenvalue weighted by atomic mass is 16.5. The van der Waals surface area contributed by atoms with Gasteiger partial charge in [-0.05, 0) is 45.7 Å². The Balaban J connectivity index is 2.10. The molecule has 2 atom stereocenters.